The van der Waals surface area contributed by atoms with E-state index in [-0.39, 0.29) is 29.2 Å². The molecule has 0 aliphatic carbocycles. The molecule has 4 aromatic rings. The van der Waals surface area contributed by atoms with Crippen LogP contribution in [0.15, 0.2) is 85.2 Å². The highest BCUT2D eigenvalue weighted by molar-refractivity contribution is 6.04. The third kappa shape index (κ3) is 5.96. The second kappa shape index (κ2) is 12.9. The highest BCUT2D eigenvalue weighted by Crippen LogP contribution is 2.42. The maximum atomic E-state index is 14.3. The van der Waals surface area contributed by atoms with Crippen molar-refractivity contribution in [1.82, 2.24) is 35.1 Å². The van der Waals surface area contributed by atoms with Crippen molar-refractivity contribution in [2.45, 2.75) is 43.7 Å². The number of hydrogen-bond acceptors (Lipinski definition) is 7. The minimum Gasteiger partial charge on any atom is -0.377 e. The fourth-order valence-electron chi connectivity index (χ4n) is 6.82. The molecule has 3 aliphatic rings. The number of anilines is 1. The molecule has 12 nitrogen and oxygen atoms in total. The van der Waals surface area contributed by atoms with E-state index in [1.807, 2.05) is 42.5 Å². The molecule has 0 saturated carbocycles. The van der Waals surface area contributed by atoms with Crippen molar-refractivity contribution in [3.63, 3.8) is 0 Å². The van der Waals surface area contributed by atoms with Crippen LogP contribution < -0.4 is 15.5 Å². The van der Waals surface area contributed by atoms with Crippen LogP contribution in [-0.4, -0.2) is 86.6 Å². The summed E-state index contributed by atoms with van der Waals surface area (Å²) in [6, 6.07) is 16.2. The molecule has 0 radical (unpaired) electrons. The molecule has 2 aromatic carbocycles. The number of halogens is 3. The van der Waals surface area contributed by atoms with Gasteiger partial charge in [0.1, 0.15) is 17.6 Å². The number of nitrogens with one attached hydrogen (secondary N) is 2. The van der Waals surface area contributed by atoms with Gasteiger partial charge in [-0.05, 0) is 42.7 Å². The summed E-state index contributed by atoms with van der Waals surface area (Å²) in [6.07, 6.45) is -1.50. The lowest BCUT2D eigenvalue weighted by molar-refractivity contribution is -0.212. The van der Waals surface area contributed by atoms with Gasteiger partial charge in [0.15, 0.2) is 0 Å². The van der Waals surface area contributed by atoms with E-state index in [0.717, 1.165) is 24.6 Å². The number of benzene rings is 2. The summed E-state index contributed by atoms with van der Waals surface area (Å²) in [7, 11) is 0. The normalized spacial score (nSPS) is 19.8. The van der Waals surface area contributed by atoms with Gasteiger partial charge >= 0.3 is 6.30 Å². The van der Waals surface area contributed by atoms with Gasteiger partial charge < -0.3 is 15.4 Å². The topological polar surface area (TPSA) is 127 Å². The number of fused-ring (bicyclic) bond motifs is 1. The second-order valence-electron chi connectivity index (χ2n) is 12.7. The summed E-state index contributed by atoms with van der Waals surface area (Å²) in [5.74, 6) is -1.97. The summed E-state index contributed by atoms with van der Waals surface area (Å²) in [6.45, 7) is 8.85. The largest absolute Gasteiger partial charge is 0.504 e. The smallest absolute Gasteiger partial charge is 0.377 e. The number of nitrogens with zero attached hydrogens (tertiary/aromatic N) is 6. The quantitative estimate of drug-likeness (QED) is 0.245. The molecular weight excluding hydrogens is 653 g/mol. The van der Waals surface area contributed by atoms with Crippen molar-refractivity contribution >= 4 is 23.5 Å². The Balaban J connectivity index is 1.18. The number of alkyl halides is 3. The van der Waals surface area contributed by atoms with Crippen LogP contribution in [-0.2, 0) is 27.2 Å². The maximum Gasteiger partial charge on any atom is 0.504 e. The molecule has 15 heteroatoms. The highest BCUT2D eigenvalue weighted by Gasteiger charge is 2.50. The summed E-state index contributed by atoms with van der Waals surface area (Å²) < 4.78 is 46.5. The molecule has 3 aliphatic heterocycles. The van der Waals surface area contributed by atoms with Crippen LogP contribution in [0.5, 0.6) is 0 Å². The summed E-state index contributed by atoms with van der Waals surface area (Å²) >= 11 is 0. The molecule has 0 bridgehead atoms. The lowest BCUT2D eigenvalue weighted by atomic mass is 9.82. The molecule has 2 fully saturated rings. The number of ether oxygens (including phenoxy) is 1. The Hall–Kier alpha value is -5.28. The average Bonchev–Trinajstić information content (AvgIpc) is 3.75. The molecule has 1 spiro atoms. The Morgan fingerprint density at radius 2 is 1.88 bits per heavy atom. The number of carbonyl (C=O) groups is 3. The van der Waals surface area contributed by atoms with Crippen LogP contribution in [0.3, 0.4) is 0 Å². The Bertz CT molecular complexity index is 1950. The molecule has 260 valence electrons. The summed E-state index contributed by atoms with van der Waals surface area (Å²) in [5, 5.41) is 13.6. The van der Waals surface area contributed by atoms with Gasteiger partial charge in [0.25, 0.3) is 11.8 Å². The standard InChI is InChI=1S/C35H35F3N8O4/c1-3-44-32-26(18-40-46(32)25-10-5-4-6-11-25)28(29(33(44)49)41-31(48)27-12-14-45(42-27)35(36,37)38)24-9-7-8-23(16-24)17-39-30(47)22(2)19-43-15-13-34(43)20-50-21-34/h4-12,14,16,18,28-29H,2-3,13,15,17,19-21H2,1H3,(H,39,47)(H,41,48)/t28-,29+/m1/s1. The van der Waals surface area contributed by atoms with Crippen LogP contribution in [0, 0.1) is 0 Å². The van der Waals surface area contributed by atoms with Gasteiger partial charge in [0.2, 0.25) is 5.91 Å². The Morgan fingerprint density at radius 3 is 2.52 bits per heavy atom. The summed E-state index contributed by atoms with van der Waals surface area (Å²) in [4.78, 5) is 44.4. The minimum atomic E-state index is -4.81. The first kappa shape index (κ1) is 33.2. The third-order valence-electron chi connectivity index (χ3n) is 9.64. The van der Waals surface area contributed by atoms with Crippen LogP contribution in [0.1, 0.15) is 46.4 Å². The lowest BCUT2D eigenvalue weighted by Gasteiger charge is -2.57. The number of aromatic nitrogens is 4. The van der Waals surface area contributed by atoms with Gasteiger partial charge in [0, 0.05) is 49.4 Å². The van der Waals surface area contributed by atoms with E-state index in [1.54, 1.807) is 29.9 Å². The van der Waals surface area contributed by atoms with Crippen molar-refractivity contribution in [2.24, 2.45) is 0 Å². The minimum absolute atomic E-state index is 0.0276. The van der Waals surface area contributed by atoms with E-state index in [2.05, 4.69) is 32.3 Å². The highest BCUT2D eigenvalue weighted by atomic mass is 19.4. The fraction of sp³-hybridized carbons (Fsp3) is 0.343. The van der Waals surface area contributed by atoms with E-state index in [9.17, 15) is 27.6 Å². The van der Waals surface area contributed by atoms with Crippen LogP contribution in [0.2, 0.25) is 0 Å². The predicted octanol–water partition coefficient (Wildman–Crippen LogP) is 3.49. The van der Waals surface area contributed by atoms with Gasteiger partial charge in [0.05, 0.1) is 30.6 Å². The van der Waals surface area contributed by atoms with Crippen molar-refractivity contribution in [3.05, 3.63) is 108 Å². The molecule has 2 N–H and O–H groups in total. The van der Waals surface area contributed by atoms with E-state index < -0.39 is 35.8 Å². The first-order valence-electron chi connectivity index (χ1n) is 16.2. The molecule has 2 saturated heterocycles. The Kier molecular flexibility index (Phi) is 8.56. The van der Waals surface area contributed by atoms with Crippen LogP contribution in [0.4, 0.5) is 19.0 Å². The van der Waals surface area contributed by atoms with Gasteiger partial charge in [-0.2, -0.15) is 14.9 Å². The summed E-state index contributed by atoms with van der Waals surface area (Å²) in [5.41, 5.74) is 2.68. The molecule has 7 rings (SSSR count). The molecular formula is C35H35F3N8O4. The zero-order valence-corrected chi connectivity index (χ0v) is 27.2. The number of amides is 3. The number of likely N-dealkylation sites (tertiary alicyclic amines) is 1. The van der Waals surface area contributed by atoms with E-state index in [1.165, 1.54) is 4.90 Å². The van der Waals surface area contributed by atoms with Crippen LogP contribution in [0.25, 0.3) is 5.69 Å². The van der Waals surface area contributed by atoms with Gasteiger partial charge in [-0.25, -0.2) is 4.68 Å². The van der Waals surface area contributed by atoms with Crippen LogP contribution >= 0.6 is 0 Å². The SMILES string of the molecule is C=C(CN1CCC12COC2)C(=O)NCc1cccc([C@@H]2c3cnn(-c4ccccc4)c3N(CC)C(=O)[C@H]2NC(=O)c2ccn(C(F)(F)F)n2)c1. The Morgan fingerprint density at radius 1 is 1.10 bits per heavy atom. The average molecular weight is 689 g/mol. The number of para-hydroxylation sites is 1. The fourth-order valence-corrected chi connectivity index (χ4v) is 6.82. The molecule has 2 aromatic heterocycles. The zero-order chi connectivity index (χ0) is 35.2. The van der Waals surface area contributed by atoms with E-state index >= 15 is 0 Å². The van der Waals surface area contributed by atoms with Gasteiger partial charge in [-0.15, -0.1) is 13.2 Å². The first-order chi connectivity index (χ1) is 24.0. The molecule has 0 unspecified atom stereocenters. The number of likely N-dealkylation sites (N-methyl/N-ethyl adjacent to an activating group) is 1. The molecule has 50 heavy (non-hydrogen) atoms. The van der Waals surface area contributed by atoms with Gasteiger partial charge in [-0.1, -0.05) is 49.0 Å². The van der Waals surface area contributed by atoms with Crippen molar-refractivity contribution in [2.75, 3.05) is 37.7 Å². The molecule has 2 atom stereocenters. The molecule has 3 amide bonds. The maximum absolute atomic E-state index is 14.3. The van der Waals surface area contributed by atoms with Crippen molar-refractivity contribution in [3.8, 4) is 5.69 Å². The lowest BCUT2D eigenvalue weighted by Crippen LogP contribution is -2.71. The number of carbonyl (C=O) groups excluding carboxylic acids is 3. The van der Waals surface area contributed by atoms with Crippen molar-refractivity contribution < 1.29 is 32.3 Å². The third-order valence-corrected chi connectivity index (χ3v) is 9.64. The second-order valence-corrected chi connectivity index (χ2v) is 12.7. The monoisotopic (exact) mass is 688 g/mol. The predicted molar refractivity (Wildman–Crippen MR) is 175 cm³/mol. The Labute approximate surface area is 285 Å². The number of hydrogen-bond donors (Lipinski definition) is 2. The molecule has 5 heterocycles. The number of rotatable bonds is 10. The van der Waals surface area contributed by atoms with E-state index in [0.29, 0.717) is 54.2 Å². The zero-order valence-electron chi connectivity index (χ0n) is 27.2. The van der Waals surface area contributed by atoms with Gasteiger partial charge in [-0.3, -0.25) is 24.2 Å². The van der Waals surface area contributed by atoms with E-state index in [4.69, 9.17) is 4.74 Å². The van der Waals surface area contributed by atoms with Crippen molar-refractivity contribution in [1.29, 1.82) is 0 Å². The first-order valence-corrected chi connectivity index (χ1v) is 16.2.